The minimum Gasteiger partial charge on any atom is -0.461 e. The molecule has 1 atom stereocenters. The number of esters is 1. The van der Waals surface area contributed by atoms with Gasteiger partial charge in [-0.25, -0.2) is 4.39 Å². The van der Waals surface area contributed by atoms with Crippen molar-refractivity contribution in [1.29, 1.82) is 0 Å². The molecule has 1 aromatic heterocycles. The third kappa shape index (κ3) is 6.66. The Morgan fingerprint density at radius 1 is 0.929 bits per heavy atom. The molecular formula is C34H34FN3O4. The van der Waals surface area contributed by atoms with Crippen LogP contribution in [0.15, 0.2) is 95.8 Å². The number of carbonyl (C=O) groups excluding carboxylic acids is 2. The zero-order valence-corrected chi connectivity index (χ0v) is 23.5. The van der Waals surface area contributed by atoms with Crippen LogP contribution in [0.4, 0.5) is 10.2 Å². The third-order valence-electron chi connectivity index (χ3n) is 7.77. The van der Waals surface area contributed by atoms with Gasteiger partial charge in [0.05, 0.1) is 11.3 Å². The highest BCUT2D eigenvalue weighted by atomic mass is 19.1. The second-order valence-corrected chi connectivity index (χ2v) is 10.8. The first kappa shape index (κ1) is 29.0. The number of nitrogens with zero attached hydrogens (tertiary/aromatic N) is 2. The molecule has 2 N–H and O–H groups in total. The maximum absolute atomic E-state index is 13.3. The number of benzene rings is 3. The number of pyridine rings is 1. The summed E-state index contributed by atoms with van der Waals surface area (Å²) < 4.78 is 20.5. The van der Waals surface area contributed by atoms with Gasteiger partial charge in [0.25, 0.3) is 5.56 Å². The topological polar surface area (TPSA) is 94.6 Å². The number of ether oxygens (including phenoxy) is 1. The van der Waals surface area contributed by atoms with E-state index in [0.717, 1.165) is 36.8 Å². The third-order valence-corrected chi connectivity index (χ3v) is 7.77. The van der Waals surface area contributed by atoms with Crippen molar-refractivity contribution in [3.63, 3.8) is 0 Å². The van der Waals surface area contributed by atoms with Gasteiger partial charge in [-0.1, -0.05) is 42.5 Å². The van der Waals surface area contributed by atoms with Crippen molar-refractivity contribution < 1.29 is 18.7 Å². The van der Waals surface area contributed by atoms with Crippen molar-refractivity contribution in [3.8, 4) is 5.69 Å². The van der Waals surface area contributed by atoms with Gasteiger partial charge in [0, 0.05) is 18.2 Å². The second-order valence-electron chi connectivity index (χ2n) is 10.8. The Balaban J connectivity index is 1.35. The van der Waals surface area contributed by atoms with Gasteiger partial charge >= 0.3 is 5.97 Å². The van der Waals surface area contributed by atoms with E-state index in [0.29, 0.717) is 18.7 Å². The van der Waals surface area contributed by atoms with Crippen molar-refractivity contribution in [2.24, 2.45) is 0 Å². The highest BCUT2D eigenvalue weighted by Crippen LogP contribution is 2.24. The van der Waals surface area contributed by atoms with E-state index < -0.39 is 17.6 Å². The lowest BCUT2D eigenvalue weighted by Gasteiger charge is -2.28. The van der Waals surface area contributed by atoms with Gasteiger partial charge < -0.3 is 10.5 Å². The van der Waals surface area contributed by atoms with E-state index >= 15 is 0 Å². The van der Waals surface area contributed by atoms with E-state index in [9.17, 15) is 18.8 Å². The summed E-state index contributed by atoms with van der Waals surface area (Å²) in [5.41, 5.74) is 8.84. The zero-order valence-electron chi connectivity index (χ0n) is 23.5. The monoisotopic (exact) mass is 567 g/mol. The molecule has 0 saturated heterocycles. The molecule has 0 radical (unpaired) electrons. The van der Waals surface area contributed by atoms with Crippen molar-refractivity contribution in [2.45, 2.75) is 50.8 Å². The number of aromatic nitrogens is 1. The summed E-state index contributed by atoms with van der Waals surface area (Å²) in [6.45, 7) is 0.477. The maximum atomic E-state index is 13.3. The fourth-order valence-electron chi connectivity index (χ4n) is 5.42. The smallest absolute Gasteiger partial charge is 0.323 e. The predicted molar refractivity (Wildman–Crippen MR) is 160 cm³/mol. The van der Waals surface area contributed by atoms with E-state index in [4.69, 9.17) is 10.5 Å². The SMILES string of the molecule is CN(Cc1ccc(-n2c(N)c(C(=O)c3ccc(F)cc3)ccc2=O)cc1)[C@@H](Cc1ccccc1)C(=O)OC1CCCC1. The van der Waals surface area contributed by atoms with Crippen molar-refractivity contribution in [3.05, 3.63) is 129 Å². The molecule has 216 valence electrons. The lowest BCUT2D eigenvalue weighted by atomic mass is 10.0. The maximum Gasteiger partial charge on any atom is 0.323 e. The van der Waals surface area contributed by atoms with Crippen LogP contribution in [0.3, 0.4) is 0 Å². The fraction of sp³-hybridized carbons (Fsp3) is 0.265. The molecule has 1 aliphatic carbocycles. The lowest BCUT2D eigenvalue weighted by Crippen LogP contribution is -2.42. The molecule has 42 heavy (non-hydrogen) atoms. The number of anilines is 1. The molecule has 0 unspecified atom stereocenters. The molecule has 0 amide bonds. The fourth-order valence-corrected chi connectivity index (χ4v) is 5.42. The van der Waals surface area contributed by atoms with Crippen LogP contribution in [0.2, 0.25) is 0 Å². The number of hydrogen-bond acceptors (Lipinski definition) is 6. The molecule has 4 aromatic rings. The Morgan fingerprint density at radius 2 is 1.60 bits per heavy atom. The average molecular weight is 568 g/mol. The van der Waals surface area contributed by atoms with Gasteiger partial charge in [0.1, 0.15) is 23.8 Å². The van der Waals surface area contributed by atoms with E-state index in [-0.39, 0.29) is 34.6 Å². The van der Waals surface area contributed by atoms with Gasteiger partial charge in [0.15, 0.2) is 5.78 Å². The molecule has 0 bridgehead atoms. The van der Waals surface area contributed by atoms with E-state index in [1.54, 1.807) is 12.1 Å². The number of nitrogen functional groups attached to an aromatic ring is 1. The minimum absolute atomic E-state index is 0.000670. The average Bonchev–Trinajstić information content (AvgIpc) is 3.50. The predicted octanol–water partition coefficient (Wildman–Crippen LogP) is 5.32. The molecule has 1 fully saturated rings. The van der Waals surface area contributed by atoms with E-state index in [1.807, 2.05) is 54.4 Å². The molecule has 0 aliphatic heterocycles. The van der Waals surface area contributed by atoms with Gasteiger partial charge in [-0.15, -0.1) is 0 Å². The van der Waals surface area contributed by atoms with Crippen molar-refractivity contribution >= 4 is 17.6 Å². The normalized spacial score (nSPS) is 14.2. The lowest BCUT2D eigenvalue weighted by molar-refractivity contribution is -0.155. The summed E-state index contributed by atoms with van der Waals surface area (Å²) in [4.78, 5) is 41.1. The Hall–Kier alpha value is -4.56. The summed E-state index contributed by atoms with van der Waals surface area (Å²) in [6.07, 6.45) is 4.50. The molecule has 7 nitrogen and oxygen atoms in total. The summed E-state index contributed by atoms with van der Waals surface area (Å²) in [7, 11) is 1.91. The summed E-state index contributed by atoms with van der Waals surface area (Å²) in [5, 5.41) is 0. The van der Waals surface area contributed by atoms with Gasteiger partial charge in [0.2, 0.25) is 0 Å². The molecular weight excluding hydrogens is 533 g/mol. The molecule has 3 aromatic carbocycles. The molecule has 0 spiro atoms. The van der Waals surface area contributed by atoms with Gasteiger partial charge in [-0.3, -0.25) is 23.9 Å². The standard InChI is InChI=1S/C34H34FN3O4/c1-37(30(21-23-7-3-2-4-8-23)34(41)42-28-9-5-6-10-28)22-24-11-17-27(18-12-24)38-31(39)20-19-29(33(38)36)32(40)25-13-15-26(35)16-14-25/h2-4,7-8,11-20,28,30H,5-6,9-10,21-22,36H2,1H3/t30-/m0/s1. The summed E-state index contributed by atoms with van der Waals surface area (Å²) in [5.74, 6) is -1.08. The molecule has 1 aliphatic rings. The van der Waals surface area contributed by atoms with E-state index in [1.165, 1.54) is 41.0 Å². The largest absolute Gasteiger partial charge is 0.461 e. The van der Waals surface area contributed by atoms with Crippen molar-refractivity contribution in [1.82, 2.24) is 9.47 Å². The van der Waals surface area contributed by atoms with Gasteiger partial charge in [-0.05, 0) is 92.7 Å². The quantitative estimate of drug-likeness (QED) is 0.206. The zero-order chi connectivity index (χ0) is 29.6. The number of halogens is 1. The highest BCUT2D eigenvalue weighted by Gasteiger charge is 2.29. The van der Waals surface area contributed by atoms with Crippen molar-refractivity contribution in [2.75, 3.05) is 12.8 Å². The number of likely N-dealkylation sites (N-methyl/N-ethyl adjacent to an activating group) is 1. The number of rotatable bonds is 10. The molecule has 8 heteroatoms. The van der Waals surface area contributed by atoms with Crippen LogP contribution in [0.25, 0.3) is 5.69 Å². The van der Waals surface area contributed by atoms with Crippen LogP contribution in [-0.4, -0.2) is 40.4 Å². The first-order chi connectivity index (χ1) is 20.3. The number of nitrogens with two attached hydrogens (primary N) is 1. The highest BCUT2D eigenvalue weighted by molar-refractivity contribution is 6.11. The van der Waals surface area contributed by atoms with Crippen LogP contribution >= 0.6 is 0 Å². The summed E-state index contributed by atoms with van der Waals surface area (Å²) in [6, 6.07) is 24.5. The molecule has 1 heterocycles. The first-order valence-corrected chi connectivity index (χ1v) is 14.2. The Labute approximate surface area is 244 Å². The number of ketones is 1. The number of carbonyl (C=O) groups is 2. The molecule has 5 rings (SSSR count). The molecule has 1 saturated carbocycles. The van der Waals surface area contributed by atoms with Crippen LogP contribution in [0, 0.1) is 5.82 Å². The Morgan fingerprint density at radius 3 is 2.26 bits per heavy atom. The Bertz CT molecular complexity index is 1600. The Kier molecular flexibility index (Phi) is 8.93. The van der Waals surface area contributed by atoms with Crippen LogP contribution in [0.5, 0.6) is 0 Å². The first-order valence-electron chi connectivity index (χ1n) is 14.2. The van der Waals surface area contributed by atoms with Crippen LogP contribution in [-0.2, 0) is 22.5 Å². The minimum atomic E-state index is -0.458. The van der Waals surface area contributed by atoms with E-state index in [2.05, 4.69) is 0 Å². The van der Waals surface area contributed by atoms with Crippen LogP contribution < -0.4 is 11.3 Å². The van der Waals surface area contributed by atoms with Crippen LogP contribution in [0.1, 0.15) is 52.7 Å². The summed E-state index contributed by atoms with van der Waals surface area (Å²) >= 11 is 0. The number of hydrogen-bond donors (Lipinski definition) is 1. The van der Waals surface area contributed by atoms with Gasteiger partial charge in [-0.2, -0.15) is 0 Å². The second kappa shape index (κ2) is 13.0.